The van der Waals surface area contributed by atoms with E-state index in [4.69, 9.17) is 0 Å². The van der Waals surface area contributed by atoms with E-state index in [-0.39, 0.29) is 5.43 Å². The Kier molecular flexibility index (Phi) is 3.38. The first-order valence-electron chi connectivity index (χ1n) is 5.80. The average molecular weight is 294 g/mol. The standard InChI is InChI=1S/C14H16BrNO/c1-8(2)6-11-9(3)16-13-5-4-10(15)7-12(13)14(11)17/h4-5,7-8H,6H2,1-3H3,(H,16,17). The number of rotatable bonds is 2. The predicted molar refractivity (Wildman–Crippen MR) is 75.5 cm³/mol. The number of hydrogen-bond donors (Lipinski definition) is 1. The van der Waals surface area contributed by atoms with Gasteiger partial charge in [0.2, 0.25) is 0 Å². The highest BCUT2D eigenvalue weighted by Crippen LogP contribution is 2.18. The summed E-state index contributed by atoms with van der Waals surface area (Å²) >= 11 is 3.41. The van der Waals surface area contributed by atoms with E-state index in [0.717, 1.165) is 33.1 Å². The zero-order valence-electron chi connectivity index (χ0n) is 10.3. The van der Waals surface area contributed by atoms with Gasteiger partial charge in [-0.3, -0.25) is 4.79 Å². The van der Waals surface area contributed by atoms with E-state index >= 15 is 0 Å². The van der Waals surface area contributed by atoms with Crippen LogP contribution in [0.1, 0.15) is 25.1 Å². The smallest absolute Gasteiger partial charge is 0.192 e. The van der Waals surface area contributed by atoms with Gasteiger partial charge >= 0.3 is 0 Å². The van der Waals surface area contributed by atoms with Gasteiger partial charge in [-0.05, 0) is 37.5 Å². The molecule has 0 amide bonds. The number of halogens is 1. The highest BCUT2D eigenvalue weighted by Gasteiger charge is 2.10. The first-order valence-corrected chi connectivity index (χ1v) is 6.59. The Labute approximate surface area is 109 Å². The van der Waals surface area contributed by atoms with Crippen molar-refractivity contribution in [3.63, 3.8) is 0 Å². The molecule has 0 unspecified atom stereocenters. The van der Waals surface area contributed by atoms with Crippen LogP contribution in [-0.2, 0) is 6.42 Å². The first kappa shape index (κ1) is 12.4. The summed E-state index contributed by atoms with van der Waals surface area (Å²) in [5, 5.41) is 0.764. The Morgan fingerprint density at radius 1 is 1.35 bits per heavy atom. The van der Waals surface area contributed by atoms with Gasteiger partial charge in [0.15, 0.2) is 5.43 Å². The van der Waals surface area contributed by atoms with Crippen LogP contribution in [0, 0.1) is 12.8 Å². The molecule has 0 spiro atoms. The van der Waals surface area contributed by atoms with Crippen LogP contribution in [-0.4, -0.2) is 4.98 Å². The van der Waals surface area contributed by atoms with Gasteiger partial charge in [-0.1, -0.05) is 29.8 Å². The van der Waals surface area contributed by atoms with E-state index in [2.05, 4.69) is 34.8 Å². The second-order valence-corrected chi connectivity index (χ2v) is 5.76. The Morgan fingerprint density at radius 3 is 2.71 bits per heavy atom. The minimum Gasteiger partial charge on any atom is -0.358 e. The van der Waals surface area contributed by atoms with Crippen LogP contribution in [0.5, 0.6) is 0 Å². The van der Waals surface area contributed by atoms with Crippen LogP contribution < -0.4 is 5.43 Å². The first-order chi connectivity index (χ1) is 7.99. The van der Waals surface area contributed by atoms with Crippen molar-refractivity contribution in [1.29, 1.82) is 0 Å². The van der Waals surface area contributed by atoms with E-state index in [1.165, 1.54) is 0 Å². The second-order valence-electron chi connectivity index (χ2n) is 4.85. The van der Waals surface area contributed by atoms with Crippen LogP contribution >= 0.6 is 15.9 Å². The van der Waals surface area contributed by atoms with E-state index in [9.17, 15) is 4.79 Å². The van der Waals surface area contributed by atoms with Gasteiger partial charge in [0, 0.05) is 26.6 Å². The molecule has 17 heavy (non-hydrogen) atoms. The summed E-state index contributed by atoms with van der Waals surface area (Å²) in [6, 6.07) is 5.77. The highest BCUT2D eigenvalue weighted by atomic mass is 79.9. The predicted octanol–water partition coefficient (Wildman–Crippen LogP) is 3.80. The minimum absolute atomic E-state index is 0.159. The number of aromatic amines is 1. The molecule has 0 aliphatic heterocycles. The van der Waals surface area contributed by atoms with Crippen LogP contribution in [0.25, 0.3) is 10.9 Å². The number of nitrogens with one attached hydrogen (secondary N) is 1. The Bertz CT molecular complexity index is 613. The summed E-state index contributed by atoms with van der Waals surface area (Å²) in [5.74, 6) is 0.486. The zero-order chi connectivity index (χ0) is 12.6. The lowest BCUT2D eigenvalue weighted by atomic mass is 9.99. The molecule has 0 bridgehead atoms. The van der Waals surface area contributed by atoms with Gasteiger partial charge in [-0.25, -0.2) is 0 Å². The summed E-state index contributed by atoms with van der Waals surface area (Å²) < 4.78 is 0.940. The maximum atomic E-state index is 12.4. The topological polar surface area (TPSA) is 32.9 Å². The lowest BCUT2D eigenvalue weighted by molar-refractivity contribution is 0.641. The van der Waals surface area contributed by atoms with Crippen molar-refractivity contribution >= 4 is 26.8 Å². The van der Waals surface area contributed by atoms with Gasteiger partial charge < -0.3 is 4.98 Å². The zero-order valence-corrected chi connectivity index (χ0v) is 11.9. The molecule has 90 valence electrons. The summed E-state index contributed by atoms with van der Waals surface area (Å²) in [6.07, 6.45) is 0.823. The van der Waals surface area contributed by atoms with Crippen molar-refractivity contribution in [3.05, 3.63) is 44.2 Å². The number of aromatic nitrogens is 1. The molecular formula is C14H16BrNO. The van der Waals surface area contributed by atoms with Crippen LogP contribution in [0.4, 0.5) is 0 Å². The molecular weight excluding hydrogens is 278 g/mol. The largest absolute Gasteiger partial charge is 0.358 e. The fraction of sp³-hybridized carbons (Fsp3) is 0.357. The highest BCUT2D eigenvalue weighted by molar-refractivity contribution is 9.10. The van der Waals surface area contributed by atoms with Crippen LogP contribution in [0.15, 0.2) is 27.5 Å². The monoisotopic (exact) mass is 293 g/mol. The van der Waals surface area contributed by atoms with Gasteiger partial charge in [0.1, 0.15) is 0 Å². The van der Waals surface area contributed by atoms with Gasteiger partial charge in [0.25, 0.3) is 0 Å². The summed E-state index contributed by atoms with van der Waals surface area (Å²) in [7, 11) is 0. The third kappa shape index (κ3) is 2.44. The molecule has 1 N–H and O–H groups in total. The van der Waals surface area contributed by atoms with Crippen molar-refractivity contribution < 1.29 is 0 Å². The fourth-order valence-electron chi connectivity index (χ4n) is 2.08. The minimum atomic E-state index is 0.159. The molecule has 0 aliphatic carbocycles. The molecule has 0 aliphatic rings. The number of benzene rings is 1. The van der Waals surface area contributed by atoms with E-state index in [1.807, 2.05) is 25.1 Å². The van der Waals surface area contributed by atoms with Crippen molar-refractivity contribution in [2.24, 2.45) is 5.92 Å². The number of pyridine rings is 1. The van der Waals surface area contributed by atoms with Crippen LogP contribution in [0.3, 0.4) is 0 Å². The number of hydrogen-bond acceptors (Lipinski definition) is 1. The van der Waals surface area contributed by atoms with E-state index < -0.39 is 0 Å². The molecule has 0 radical (unpaired) electrons. The average Bonchev–Trinajstić information content (AvgIpc) is 2.25. The molecule has 0 saturated carbocycles. The Morgan fingerprint density at radius 2 is 2.06 bits per heavy atom. The number of H-pyrrole nitrogens is 1. The molecule has 1 heterocycles. The number of aryl methyl sites for hydroxylation is 1. The summed E-state index contributed by atoms with van der Waals surface area (Å²) in [5.41, 5.74) is 2.96. The molecule has 1 aromatic carbocycles. The maximum absolute atomic E-state index is 12.4. The van der Waals surface area contributed by atoms with Crippen molar-refractivity contribution in [3.8, 4) is 0 Å². The molecule has 1 aromatic heterocycles. The molecule has 3 heteroatoms. The van der Waals surface area contributed by atoms with Crippen LogP contribution in [0.2, 0.25) is 0 Å². The second kappa shape index (κ2) is 4.65. The lowest BCUT2D eigenvalue weighted by Crippen LogP contribution is -2.15. The Balaban J connectivity index is 2.73. The van der Waals surface area contributed by atoms with Crippen molar-refractivity contribution in [2.45, 2.75) is 27.2 Å². The summed E-state index contributed by atoms with van der Waals surface area (Å²) in [6.45, 7) is 6.23. The van der Waals surface area contributed by atoms with Crippen molar-refractivity contribution in [2.75, 3.05) is 0 Å². The van der Waals surface area contributed by atoms with E-state index in [0.29, 0.717) is 5.92 Å². The molecule has 2 aromatic rings. The molecule has 0 atom stereocenters. The molecule has 0 saturated heterocycles. The van der Waals surface area contributed by atoms with Crippen molar-refractivity contribution in [1.82, 2.24) is 4.98 Å². The third-order valence-corrected chi connectivity index (χ3v) is 3.38. The summed E-state index contributed by atoms with van der Waals surface area (Å²) in [4.78, 5) is 15.7. The maximum Gasteiger partial charge on any atom is 0.192 e. The quantitative estimate of drug-likeness (QED) is 0.898. The molecule has 2 nitrogen and oxygen atoms in total. The molecule has 0 fully saturated rings. The molecule has 2 rings (SSSR count). The third-order valence-electron chi connectivity index (χ3n) is 2.89. The SMILES string of the molecule is Cc1[nH]c2ccc(Br)cc2c(=O)c1CC(C)C. The van der Waals surface area contributed by atoms with Gasteiger partial charge in [0.05, 0.1) is 0 Å². The van der Waals surface area contributed by atoms with E-state index in [1.54, 1.807) is 0 Å². The van der Waals surface area contributed by atoms with Gasteiger partial charge in [-0.15, -0.1) is 0 Å². The normalized spacial score (nSPS) is 11.4. The number of fused-ring (bicyclic) bond motifs is 1. The fourth-order valence-corrected chi connectivity index (χ4v) is 2.44. The lowest BCUT2D eigenvalue weighted by Gasteiger charge is -2.10. The Hall–Kier alpha value is -1.09. The van der Waals surface area contributed by atoms with Gasteiger partial charge in [-0.2, -0.15) is 0 Å².